The number of nitrogens with zero attached hydrogens (tertiary/aromatic N) is 3. The average Bonchev–Trinajstić information content (AvgIpc) is 2.99. The molecule has 5 nitrogen and oxygen atoms in total. The van der Waals surface area contributed by atoms with E-state index in [9.17, 15) is 8.42 Å². The maximum atomic E-state index is 13.3. The second kappa shape index (κ2) is 7.25. The topological polar surface area (TPSA) is 45.5 Å². The van der Waals surface area contributed by atoms with Gasteiger partial charge in [0.15, 0.2) is 0 Å². The minimum absolute atomic E-state index is 0.286. The van der Waals surface area contributed by atoms with Gasteiger partial charge in [-0.2, -0.15) is 0 Å². The van der Waals surface area contributed by atoms with Gasteiger partial charge in [0.25, 0.3) is 10.0 Å². The molecule has 1 heterocycles. The standard InChI is InChI=1S/C20H23N3O2S/c1-21(2)13-14-22(3)16-18-15-17-9-7-8-12-20(17)23(18)26(24,25)19-10-5-4-6-11-19/h4-15H,16H2,1-3H3. The van der Waals surface area contributed by atoms with E-state index in [4.69, 9.17) is 0 Å². The summed E-state index contributed by atoms with van der Waals surface area (Å²) in [6.07, 6.45) is 3.86. The van der Waals surface area contributed by atoms with E-state index in [1.54, 1.807) is 24.3 Å². The van der Waals surface area contributed by atoms with Crippen LogP contribution in [0.25, 0.3) is 10.9 Å². The first-order valence-electron chi connectivity index (χ1n) is 8.34. The molecule has 3 aromatic rings. The van der Waals surface area contributed by atoms with Crippen LogP contribution in [0.4, 0.5) is 0 Å². The molecule has 0 amide bonds. The van der Waals surface area contributed by atoms with Crippen molar-refractivity contribution in [2.45, 2.75) is 11.4 Å². The zero-order valence-corrected chi connectivity index (χ0v) is 16.0. The number of hydrogen-bond acceptors (Lipinski definition) is 4. The molecule has 2 aromatic carbocycles. The smallest absolute Gasteiger partial charge is 0.268 e. The Morgan fingerprint density at radius 2 is 1.58 bits per heavy atom. The summed E-state index contributed by atoms with van der Waals surface area (Å²) in [6.45, 7) is 0.477. The summed E-state index contributed by atoms with van der Waals surface area (Å²) < 4.78 is 28.0. The highest BCUT2D eigenvalue weighted by Gasteiger charge is 2.23. The van der Waals surface area contributed by atoms with E-state index in [2.05, 4.69) is 0 Å². The first-order valence-corrected chi connectivity index (χ1v) is 9.78. The van der Waals surface area contributed by atoms with E-state index >= 15 is 0 Å². The maximum Gasteiger partial charge on any atom is 0.268 e. The molecule has 0 radical (unpaired) electrons. The third kappa shape index (κ3) is 3.60. The second-order valence-electron chi connectivity index (χ2n) is 6.45. The molecule has 0 saturated heterocycles. The summed E-state index contributed by atoms with van der Waals surface area (Å²) in [6, 6.07) is 18.0. The Balaban J connectivity index is 2.12. The molecule has 0 atom stereocenters. The first kappa shape index (κ1) is 18.1. The summed E-state index contributed by atoms with van der Waals surface area (Å²) in [5.74, 6) is 0. The Morgan fingerprint density at radius 1 is 0.923 bits per heavy atom. The lowest BCUT2D eigenvalue weighted by atomic mass is 10.2. The van der Waals surface area contributed by atoms with Crippen molar-refractivity contribution in [3.8, 4) is 0 Å². The maximum absolute atomic E-state index is 13.3. The van der Waals surface area contributed by atoms with Crippen LogP contribution in [-0.4, -0.2) is 43.3 Å². The normalized spacial score (nSPS) is 12.0. The zero-order chi connectivity index (χ0) is 18.7. The van der Waals surface area contributed by atoms with Gasteiger partial charge in [-0.3, -0.25) is 0 Å². The van der Waals surface area contributed by atoms with Gasteiger partial charge in [0.05, 0.1) is 22.7 Å². The van der Waals surface area contributed by atoms with Gasteiger partial charge >= 0.3 is 0 Å². The number of rotatable bonds is 6. The molecule has 3 rings (SSSR count). The molecule has 0 aliphatic rings. The summed E-state index contributed by atoms with van der Waals surface area (Å²) >= 11 is 0. The fourth-order valence-corrected chi connectivity index (χ4v) is 4.39. The van der Waals surface area contributed by atoms with Gasteiger partial charge in [0.1, 0.15) is 0 Å². The number of hydrogen-bond donors (Lipinski definition) is 0. The fourth-order valence-electron chi connectivity index (χ4n) is 2.83. The second-order valence-corrected chi connectivity index (χ2v) is 8.24. The van der Waals surface area contributed by atoms with Crippen molar-refractivity contribution >= 4 is 20.9 Å². The van der Waals surface area contributed by atoms with Gasteiger partial charge in [0, 0.05) is 38.9 Å². The summed E-state index contributed by atoms with van der Waals surface area (Å²) in [4.78, 5) is 4.19. The highest BCUT2D eigenvalue weighted by atomic mass is 32.2. The largest absolute Gasteiger partial charge is 0.382 e. The molecular formula is C20H23N3O2S. The minimum Gasteiger partial charge on any atom is -0.382 e. The Kier molecular flexibility index (Phi) is 5.04. The lowest BCUT2D eigenvalue weighted by Crippen LogP contribution is -2.20. The summed E-state index contributed by atoms with van der Waals surface area (Å²) in [7, 11) is 2.14. The van der Waals surface area contributed by atoms with Gasteiger partial charge < -0.3 is 9.80 Å². The first-order chi connectivity index (χ1) is 12.4. The predicted octanol–water partition coefficient (Wildman–Crippen LogP) is 3.34. The number of benzene rings is 2. The molecule has 0 aliphatic carbocycles. The van der Waals surface area contributed by atoms with E-state index < -0.39 is 10.0 Å². The van der Waals surface area contributed by atoms with Crippen LogP contribution in [0.2, 0.25) is 0 Å². The van der Waals surface area contributed by atoms with Crippen molar-refractivity contribution in [1.82, 2.24) is 13.8 Å². The molecule has 26 heavy (non-hydrogen) atoms. The molecule has 0 bridgehead atoms. The Morgan fingerprint density at radius 3 is 2.27 bits per heavy atom. The number of para-hydroxylation sites is 1. The summed E-state index contributed by atoms with van der Waals surface area (Å²) in [5.41, 5.74) is 1.41. The van der Waals surface area contributed by atoms with Crippen molar-refractivity contribution in [1.29, 1.82) is 0 Å². The predicted molar refractivity (Wildman–Crippen MR) is 105 cm³/mol. The highest BCUT2D eigenvalue weighted by molar-refractivity contribution is 7.90. The minimum atomic E-state index is -3.67. The molecule has 6 heteroatoms. The molecule has 0 N–H and O–H groups in total. The van der Waals surface area contributed by atoms with Crippen molar-refractivity contribution in [3.05, 3.63) is 78.8 Å². The van der Waals surface area contributed by atoms with Crippen molar-refractivity contribution in [3.63, 3.8) is 0 Å². The highest BCUT2D eigenvalue weighted by Crippen LogP contribution is 2.26. The third-order valence-corrected chi connectivity index (χ3v) is 5.83. The van der Waals surface area contributed by atoms with E-state index in [0.29, 0.717) is 12.1 Å². The van der Waals surface area contributed by atoms with Crippen LogP contribution in [0.15, 0.2) is 78.0 Å². The van der Waals surface area contributed by atoms with Crippen LogP contribution < -0.4 is 0 Å². The van der Waals surface area contributed by atoms with Crippen LogP contribution >= 0.6 is 0 Å². The zero-order valence-electron chi connectivity index (χ0n) is 15.2. The lowest BCUT2D eigenvalue weighted by Gasteiger charge is -2.18. The Labute approximate surface area is 154 Å². The molecule has 0 fully saturated rings. The molecule has 0 unspecified atom stereocenters. The molecule has 1 aromatic heterocycles. The van der Waals surface area contributed by atoms with Crippen molar-refractivity contribution in [2.24, 2.45) is 0 Å². The molecule has 0 spiro atoms. The quantitative estimate of drug-likeness (QED) is 0.668. The van der Waals surface area contributed by atoms with Crippen LogP contribution in [0, 0.1) is 0 Å². The van der Waals surface area contributed by atoms with E-state index in [1.165, 1.54) is 3.97 Å². The van der Waals surface area contributed by atoms with Gasteiger partial charge in [-0.1, -0.05) is 36.4 Å². The number of fused-ring (bicyclic) bond motifs is 1. The fraction of sp³-hybridized carbons (Fsp3) is 0.200. The van der Waals surface area contributed by atoms with E-state index in [0.717, 1.165) is 11.1 Å². The summed E-state index contributed by atoms with van der Waals surface area (Å²) in [5, 5.41) is 0.909. The van der Waals surface area contributed by atoms with Gasteiger partial charge in [-0.25, -0.2) is 12.4 Å². The van der Waals surface area contributed by atoms with Gasteiger partial charge in [0.2, 0.25) is 0 Å². The SMILES string of the molecule is CN(C)C=CN(C)Cc1cc2ccccc2n1S(=O)(=O)c1ccccc1. The molecule has 136 valence electrons. The average molecular weight is 369 g/mol. The Bertz CT molecular complexity index is 1020. The van der Waals surface area contributed by atoms with E-state index in [1.807, 2.05) is 79.7 Å². The van der Waals surface area contributed by atoms with Crippen LogP contribution in [0.3, 0.4) is 0 Å². The molecular weight excluding hydrogens is 346 g/mol. The van der Waals surface area contributed by atoms with Crippen molar-refractivity contribution < 1.29 is 8.42 Å². The molecule has 0 aliphatic heterocycles. The van der Waals surface area contributed by atoms with Crippen LogP contribution in [-0.2, 0) is 16.6 Å². The van der Waals surface area contributed by atoms with E-state index in [-0.39, 0.29) is 4.90 Å². The molecule has 0 saturated carbocycles. The Hall–Kier alpha value is -2.73. The number of aromatic nitrogens is 1. The van der Waals surface area contributed by atoms with Gasteiger partial charge in [-0.15, -0.1) is 0 Å². The third-order valence-electron chi connectivity index (χ3n) is 4.05. The van der Waals surface area contributed by atoms with Gasteiger partial charge in [-0.05, 0) is 24.3 Å². The van der Waals surface area contributed by atoms with Crippen LogP contribution in [0.1, 0.15) is 5.69 Å². The lowest BCUT2D eigenvalue weighted by molar-refractivity contribution is 0.427. The van der Waals surface area contributed by atoms with Crippen LogP contribution in [0.5, 0.6) is 0 Å². The monoisotopic (exact) mass is 369 g/mol. The van der Waals surface area contributed by atoms with Crippen molar-refractivity contribution in [2.75, 3.05) is 21.1 Å².